The molecule has 3 aromatic carbocycles. The highest BCUT2D eigenvalue weighted by atomic mass is 19.1. The number of para-hydroxylation sites is 1. The lowest BCUT2D eigenvalue weighted by Crippen LogP contribution is -2.09. The van der Waals surface area contributed by atoms with Crippen LogP contribution >= 0.6 is 0 Å². The van der Waals surface area contributed by atoms with Crippen LogP contribution in [0.1, 0.15) is 11.4 Å². The number of aromatic nitrogens is 2. The molecule has 5 aromatic rings. The summed E-state index contributed by atoms with van der Waals surface area (Å²) in [4.78, 5) is 16.1. The van der Waals surface area contributed by atoms with Crippen molar-refractivity contribution in [3.8, 4) is 11.1 Å². The summed E-state index contributed by atoms with van der Waals surface area (Å²) in [6.07, 6.45) is 0. The van der Waals surface area contributed by atoms with E-state index in [-0.39, 0.29) is 12.4 Å². The number of anilines is 1. The molecule has 34 heavy (non-hydrogen) atoms. The number of carbonyl (C=O) groups is 1. The van der Waals surface area contributed by atoms with Gasteiger partial charge in [-0.1, -0.05) is 43.0 Å². The molecule has 5 rings (SSSR count). The maximum atomic E-state index is 14.1. The highest BCUT2D eigenvalue weighted by Crippen LogP contribution is 2.36. The summed E-state index contributed by atoms with van der Waals surface area (Å²) in [6.45, 7) is 5.81. The second kappa shape index (κ2) is 8.48. The van der Waals surface area contributed by atoms with Crippen LogP contribution in [0.4, 0.5) is 10.1 Å². The van der Waals surface area contributed by atoms with E-state index in [0.29, 0.717) is 16.6 Å². The van der Waals surface area contributed by atoms with E-state index in [0.717, 1.165) is 39.1 Å². The average Bonchev–Trinajstić information content (AvgIpc) is 3.08. The predicted octanol–water partition coefficient (Wildman–Crippen LogP) is 6.47. The van der Waals surface area contributed by atoms with Crippen LogP contribution in [0.15, 0.2) is 85.4 Å². The first kappa shape index (κ1) is 21.4. The molecule has 0 spiro atoms. The Kier molecular flexibility index (Phi) is 5.34. The molecule has 0 aliphatic heterocycles. The van der Waals surface area contributed by atoms with E-state index in [1.54, 1.807) is 10.6 Å². The third-order valence-electron chi connectivity index (χ3n) is 5.93. The zero-order valence-corrected chi connectivity index (χ0v) is 18.5. The van der Waals surface area contributed by atoms with Gasteiger partial charge in [-0.25, -0.2) is 9.37 Å². The van der Waals surface area contributed by atoms with Crippen molar-refractivity contribution in [1.82, 2.24) is 9.55 Å². The molecule has 6 heteroatoms. The number of halogens is 1. The van der Waals surface area contributed by atoms with Crippen LogP contribution in [0.25, 0.3) is 38.6 Å². The van der Waals surface area contributed by atoms with Crippen molar-refractivity contribution in [1.29, 1.82) is 0 Å². The number of pyridine rings is 1. The van der Waals surface area contributed by atoms with Crippen molar-refractivity contribution in [2.45, 2.75) is 13.5 Å². The number of nitrogens with zero attached hydrogens (tertiary/aromatic N) is 2. The van der Waals surface area contributed by atoms with Gasteiger partial charge in [0.25, 0.3) is 0 Å². The summed E-state index contributed by atoms with van der Waals surface area (Å²) in [6, 6.07) is 24.0. The molecule has 0 fully saturated rings. The summed E-state index contributed by atoms with van der Waals surface area (Å²) < 4.78 is 15.8. The molecule has 0 saturated carbocycles. The first-order valence-corrected chi connectivity index (χ1v) is 10.8. The van der Waals surface area contributed by atoms with E-state index in [1.165, 1.54) is 12.1 Å². The number of nitrogens with one attached hydrogen (secondary N) is 1. The Hall–Kier alpha value is -4.45. The summed E-state index contributed by atoms with van der Waals surface area (Å²) in [7, 11) is 0. The summed E-state index contributed by atoms with van der Waals surface area (Å²) >= 11 is 0. The lowest BCUT2D eigenvalue weighted by molar-refractivity contribution is -0.137. The third-order valence-corrected chi connectivity index (χ3v) is 5.93. The average molecular weight is 452 g/mol. The Balaban J connectivity index is 1.53. The molecule has 2 heterocycles. The van der Waals surface area contributed by atoms with E-state index in [1.807, 2.05) is 67.6 Å². The maximum Gasteiger partial charge on any atom is 0.323 e. The molecule has 0 amide bonds. The molecule has 0 unspecified atom stereocenters. The van der Waals surface area contributed by atoms with Crippen LogP contribution in [0.2, 0.25) is 0 Å². The minimum atomic E-state index is -0.953. The van der Waals surface area contributed by atoms with Crippen molar-refractivity contribution in [3.05, 3.63) is 103 Å². The number of rotatable bonds is 6. The molecular weight excluding hydrogens is 429 g/mol. The number of hydrogen-bond acceptors (Lipinski definition) is 3. The number of carboxylic acids is 1. The maximum absolute atomic E-state index is 14.1. The molecule has 2 N–H and O–H groups in total. The lowest BCUT2D eigenvalue weighted by Gasteiger charge is -2.12. The van der Waals surface area contributed by atoms with Crippen molar-refractivity contribution >= 4 is 39.2 Å². The zero-order chi connectivity index (χ0) is 23.8. The van der Waals surface area contributed by atoms with Crippen LogP contribution in [-0.4, -0.2) is 20.6 Å². The quantitative estimate of drug-likeness (QED) is 0.310. The van der Waals surface area contributed by atoms with Gasteiger partial charge >= 0.3 is 5.97 Å². The number of carboxylic acid groups (broad SMARTS) is 1. The molecule has 0 saturated heterocycles. The molecule has 168 valence electrons. The number of benzene rings is 3. The van der Waals surface area contributed by atoms with Crippen molar-refractivity contribution in [3.63, 3.8) is 0 Å². The van der Waals surface area contributed by atoms with Crippen LogP contribution < -0.4 is 5.32 Å². The molecule has 0 aliphatic carbocycles. The van der Waals surface area contributed by atoms with Crippen LogP contribution in [0, 0.1) is 12.7 Å². The third kappa shape index (κ3) is 3.90. The van der Waals surface area contributed by atoms with E-state index in [2.05, 4.69) is 16.9 Å². The topological polar surface area (TPSA) is 67.2 Å². The zero-order valence-electron chi connectivity index (χ0n) is 18.5. The largest absolute Gasteiger partial charge is 0.480 e. The number of fused-ring (bicyclic) bond motifs is 2. The van der Waals surface area contributed by atoms with Crippen LogP contribution in [0.3, 0.4) is 0 Å². The summed E-state index contributed by atoms with van der Waals surface area (Å²) in [5.74, 6) is -1.32. The normalized spacial score (nSPS) is 11.1. The molecule has 2 aromatic heterocycles. The molecule has 5 nitrogen and oxygen atoms in total. The van der Waals surface area contributed by atoms with Gasteiger partial charge in [0.2, 0.25) is 0 Å². The smallest absolute Gasteiger partial charge is 0.323 e. The monoisotopic (exact) mass is 451 g/mol. The fourth-order valence-electron chi connectivity index (χ4n) is 4.38. The highest BCUT2D eigenvalue weighted by molar-refractivity contribution is 5.99. The van der Waals surface area contributed by atoms with Gasteiger partial charge in [0.15, 0.2) is 0 Å². The lowest BCUT2D eigenvalue weighted by atomic mass is 10.0. The van der Waals surface area contributed by atoms with Gasteiger partial charge in [-0.3, -0.25) is 4.79 Å². The van der Waals surface area contributed by atoms with E-state index in [4.69, 9.17) is 0 Å². The standard InChI is InChI=1S/C28H22FN3O2/c1-17(24-12-10-19-6-3-4-9-25(19)31-24)30-22-8-5-7-20(14-22)28-18(2)32(16-27(33)34)26-13-11-21(29)15-23(26)28/h3-15,30H,1,16H2,2H3,(H,33,34). The van der Waals surface area contributed by atoms with Crippen molar-refractivity contribution in [2.75, 3.05) is 5.32 Å². The van der Waals surface area contributed by atoms with Crippen molar-refractivity contribution in [2.24, 2.45) is 0 Å². The second-order valence-corrected chi connectivity index (χ2v) is 8.18. The Labute approximate surface area is 195 Å². The van der Waals surface area contributed by atoms with E-state index in [9.17, 15) is 14.3 Å². The Morgan fingerprint density at radius 1 is 1.06 bits per heavy atom. The van der Waals surface area contributed by atoms with Crippen LogP contribution in [-0.2, 0) is 11.3 Å². The van der Waals surface area contributed by atoms with E-state index >= 15 is 0 Å². The summed E-state index contributed by atoms with van der Waals surface area (Å²) in [5, 5.41) is 14.4. The van der Waals surface area contributed by atoms with Gasteiger partial charge in [0.1, 0.15) is 12.4 Å². The Morgan fingerprint density at radius 2 is 1.88 bits per heavy atom. The second-order valence-electron chi connectivity index (χ2n) is 8.18. The predicted molar refractivity (Wildman–Crippen MR) is 134 cm³/mol. The molecular formula is C28H22FN3O2. The first-order chi connectivity index (χ1) is 16.4. The van der Waals surface area contributed by atoms with E-state index < -0.39 is 5.97 Å². The Bertz CT molecular complexity index is 1590. The number of hydrogen-bond donors (Lipinski definition) is 2. The molecule has 0 radical (unpaired) electrons. The van der Waals surface area contributed by atoms with Gasteiger partial charge in [-0.15, -0.1) is 0 Å². The minimum Gasteiger partial charge on any atom is -0.480 e. The van der Waals surface area contributed by atoms with Crippen molar-refractivity contribution < 1.29 is 14.3 Å². The Morgan fingerprint density at radius 3 is 2.71 bits per heavy atom. The molecule has 0 atom stereocenters. The van der Waals surface area contributed by atoms with Gasteiger partial charge in [0, 0.05) is 33.2 Å². The van der Waals surface area contributed by atoms with Gasteiger partial charge < -0.3 is 15.0 Å². The number of aliphatic carboxylic acids is 1. The summed E-state index contributed by atoms with van der Waals surface area (Å²) in [5.41, 5.74) is 6.16. The SMILES string of the molecule is C=C(Nc1cccc(-c2c(C)n(CC(=O)O)c3ccc(F)cc23)c1)c1ccc2ccccc2n1. The van der Waals surface area contributed by atoms with Gasteiger partial charge in [-0.2, -0.15) is 0 Å². The van der Waals surface area contributed by atoms with Gasteiger partial charge in [0.05, 0.1) is 16.9 Å². The molecule has 0 aliphatic rings. The first-order valence-electron chi connectivity index (χ1n) is 10.8. The van der Waals surface area contributed by atoms with Crippen LogP contribution in [0.5, 0.6) is 0 Å². The fraction of sp³-hybridized carbons (Fsp3) is 0.0714. The molecule has 0 bridgehead atoms. The minimum absolute atomic E-state index is 0.198. The fourth-order valence-corrected chi connectivity index (χ4v) is 4.38. The van der Waals surface area contributed by atoms with Gasteiger partial charge in [-0.05, 0) is 55.0 Å². The highest BCUT2D eigenvalue weighted by Gasteiger charge is 2.18.